The van der Waals surface area contributed by atoms with E-state index in [0.717, 1.165) is 0 Å². The molecule has 2 aromatic carbocycles. The molecule has 0 fully saturated rings. The minimum absolute atomic E-state index is 0.108. The molecule has 0 saturated carbocycles. The summed E-state index contributed by atoms with van der Waals surface area (Å²) < 4.78 is 25.8. The molecule has 7 nitrogen and oxygen atoms in total. The standard InChI is InChI=1S/C14H11ClN4O3S/c15-12-5-3-11(4-6-12)14(20)17-9-10-1-7-13(8-2-10)23(21,22)19-18-16/h1-8H,9H2,(H,17,20). The van der Waals surface area contributed by atoms with E-state index >= 15 is 0 Å². The number of amides is 1. The fourth-order valence-electron chi connectivity index (χ4n) is 1.76. The average Bonchev–Trinajstić information content (AvgIpc) is 2.53. The Labute approximate surface area is 137 Å². The minimum Gasteiger partial charge on any atom is -0.348 e. The van der Waals surface area contributed by atoms with E-state index < -0.39 is 10.0 Å². The van der Waals surface area contributed by atoms with Crippen LogP contribution < -0.4 is 5.32 Å². The monoisotopic (exact) mass is 350 g/mol. The van der Waals surface area contributed by atoms with Gasteiger partial charge in [0.25, 0.3) is 15.9 Å². The molecule has 0 bridgehead atoms. The number of hydrogen-bond acceptors (Lipinski definition) is 3. The number of carbonyl (C=O) groups excluding carboxylic acids is 1. The Balaban J connectivity index is 2.03. The number of benzene rings is 2. The lowest BCUT2D eigenvalue weighted by Gasteiger charge is -2.06. The smallest absolute Gasteiger partial charge is 0.264 e. The van der Waals surface area contributed by atoms with Crippen LogP contribution in [0.4, 0.5) is 0 Å². The van der Waals surface area contributed by atoms with Crippen LogP contribution in [0.5, 0.6) is 0 Å². The fraction of sp³-hybridized carbons (Fsp3) is 0.0714. The molecule has 0 aromatic heterocycles. The summed E-state index contributed by atoms with van der Waals surface area (Å²) in [6, 6.07) is 12.1. The van der Waals surface area contributed by atoms with E-state index in [1.54, 1.807) is 24.3 Å². The van der Waals surface area contributed by atoms with Gasteiger partial charge in [-0.25, -0.2) is 8.42 Å². The first-order valence-corrected chi connectivity index (χ1v) is 8.18. The Morgan fingerprint density at radius 3 is 2.30 bits per heavy atom. The first-order valence-electron chi connectivity index (χ1n) is 6.36. The summed E-state index contributed by atoms with van der Waals surface area (Å²) in [5.41, 5.74) is 9.38. The summed E-state index contributed by atoms with van der Waals surface area (Å²) in [6.07, 6.45) is 0. The number of carbonyl (C=O) groups is 1. The number of nitrogens with one attached hydrogen (secondary N) is 1. The molecule has 0 unspecified atom stereocenters. The highest BCUT2D eigenvalue weighted by molar-refractivity contribution is 7.90. The van der Waals surface area contributed by atoms with E-state index in [1.165, 1.54) is 24.3 Å². The number of sulfonamides is 1. The molecule has 0 atom stereocenters. The highest BCUT2D eigenvalue weighted by Gasteiger charge is 2.11. The Morgan fingerprint density at radius 2 is 1.74 bits per heavy atom. The lowest BCUT2D eigenvalue weighted by Crippen LogP contribution is -2.22. The summed E-state index contributed by atoms with van der Waals surface area (Å²) >= 11 is 5.75. The van der Waals surface area contributed by atoms with Crippen molar-refractivity contribution in [1.29, 1.82) is 0 Å². The Kier molecular flexibility index (Phi) is 5.23. The first kappa shape index (κ1) is 16.8. The van der Waals surface area contributed by atoms with Crippen molar-refractivity contribution >= 4 is 27.5 Å². The molecule has 2 rings (SSSR count). The van der Waals surface area contributed by atoms with E-state index in [4.69, 9.17) is 17.1 Å². The molecule has 0 aliphatic heterocycles. The van der Waals surface area contributed by atoms with Crippen LogP contribution in [0.25, 0.3) is 10.4 Å². The summed E-state index contributed by atoms with van der Waals surface area (Å²) in [4.78, 5) is 14.1. The quantitative estimate of drug-likeness (QED) is 0.507. The summed E-state index contributed by atoms with van der Waals surface area (Å²) in [5.74, 6) is -0.271. The minimum atomic E-state index is -4.00. The third-order valence-corrected chi connectivity index (χ3v) is 4.33. The molecular weight excluding hydrogens is 340 g/mol. The lowest BCUT2D eigenvalue weighted by atomic mass is 10.2. The van der Waals surface area contributed by atoms with Crippen LogP contribution in [0.15, 0.2) is 57.9 Å². The molecule has 23 heavy (non-hydrogen) atoms. The van der Waals surface area contributed by atoms with Crippen LogP contribution in [0.3, 0.4) is 0 Å². The van der Waals surface area contributed by atoms with Gasteiger partial charge in [0.15, 0.2) is 0 Å². The zero-order chi connectivity index (χ0) is 16.9. The van der Waals surface area contributed by atoms with Gasteiger partial charge in [0.1, 0.15) is 0 Å². The van der Waals surface area contributed by atoms with Crippen LogP contribution in [0, 0.1) is 0 Å². The van der Waals surface area contributed by atoms with Gasteiger partial charge < -0.3 is 5.32 Å². The highest BCUT2D eigenvalue weighted by atomic mass is 35.5. The van der Waals surface area contributed by atoms with E-state index in [2.05, 4.69) is 14.7 Å². The second-order valence-corrected chi connectivity index (χ2v) is 6.50. The Morgan fingerprint density at radius 1 is 1.13 bits per heavy atom. The van der Waals surface area contributed by atoms with Crippen LogP contribution in [0.2, 0.25) is 5.02 Å². The normalized spacial score (nSPS) is 10.7. The Bertz CT molecular complexity index is 858. The molecule has 2 aromatic rings. The zero-order valence-electron chi connectivity index (χ0n) is 11.7. The number of azide groups is 1. The molecule has 0 heterocycles. The van der Waals surface area contributed by atoms with E-state index in [1.807, 2.05) is 0 Å². The molecule has 118 valence electrons. The van der Waals surface area contributed by atoms with Gasteiger partial charge in [0, 0.05) is 26.6 Å². The molecule has 1 amide bonds. The van der Waals surface area contributed by atoms with Crippen molar-refractivity contribution in [1.82, 2.24) is 5.32 Å². The van der Waals surface area contributed by atoms with Crippen molar-refractivity contribution in [3.8, 4) is 0 Å². The van der Waals surface area contributed by atoms with Gasteiger partial charge in [0.05, 0.1) is 4.90 Å². The van der Waals surface area contributed by atoms with Gasteiger partial charge in [-0.05, 0) is 47.5 Å². The van der Waals surface area contributed by atoms with E-state index in [-0.39, 0.29) is 17.3 Å². The molecular formula is C14H11ClN4O3S. The van der Waals surface area contributed by atoms with Gasteiger partial charge in [-0.3, -0.25) is 4.79 Å². The van der Waals surface area contributed by atoms with Crippen molar-refractivity contribution in [2.75, 3.05) is 0 Å². The van der Waals surface area contributed by atoms with Crippen LogP contribution in [0.1, 0.15) is 15.9 Å². The number of hydrogen-bond donors (Lipinski definition) is 1. The number of rotatable bonds is 5. The zero-order valence-corrected chi connectivity index (χ0v) is 13.3. The SMILES string of the molecule is [N-]=[N+]=NS(=O)(=O)c1ccc(CNC(=O)c2ccc(Cl)cc2)cc1. The van der Waals surface area contributed by atoms with Crippen molar-refractivity contribution in [2.24, 2.45) is 4.52 Å². The highest BCUT2D eigenvalue weighted by Crippen LogP contribution is 2.14. The van der Waals surface area contributed by atoms with Gasteiger partial charge >= 0.3 is 0 Å². The average molecular weight is 351 g/mol. The topological polar surface area (TPSA) is 112 Å². The summed E-state index contributed by atoms with van der Waals surface area (Å²) in [6.45, 7) is 0.226. The third-order valence-electron chi connectivity index (χ3n) is 2.92. The largest absolute Gasteiger partial charge is 0.348 e. The molecule has 0 spiro atoms. The molecule has 9 heteroatoms. The van der Waals surface area contributed by atoms with E-state index in [9.17, 15) is 13.2 Å². The first-order chi connectivity index (χ1) is 10.9. The molecule has 0 aliphatic rings. The molecule has 1 N–H and O–H groups in total. The van der Waals surface area contributed by atoms with Crippen LogP contribution in [-0.2, 0) is 16.6 Å². The maximum atomic E-state index is 11.9. The number of nitrogens with zero attached hydrogens (tertiary/aromatic N) is 3. The summed E-state index contributed by atoms with van der Waals surface area (Å²) in [7, 11) is -4.00. The van der Waals surface area contributed by atoms with Crippen molar-refractivity contribution in [3.05, 3.63) is 75.1 Å². The van der Waals surface area contributed by atoms with Crippen molar-refractivity contribution < 1.29 is 13.2 Å². The van der Waals surface area contributed by atoms with Gasteiger partial charge in [-0.2, -0.15) is 0 Å². The Hall–Kier alpha value is -2.54. The molecule has 0 radical (unpaired) electrons. The van der Waals surface area contributed by atoms with Crippen molar-refractivity contribution in [3.63, 3.8) is 0 Å². The third kappa shape index (κ3) is 4.46. The predicted molar refractivity (Wildman–Crippen MR) is 85.4 cm³/mol. The van der Waals surface area contributed by atoms with Gasteiger partial charge in [0.2, 0.25) is 0 Å². The van der Waals surface area contributed by atoms with Crippen LogP contribution in [-0.4, -0.2) is 14.3 Å². The summed E-state index contributed by atoms with van der Waals surface area (Å²) in [5, 5.41) is 3.24. The molecule has 0 aliphatic carbocycles. The second-order valence-electron chi connectivity index (χ2n) is 4.48. The number of halogens is 1. The van der Waals surface area contributed by atoms with Gasteiger partial charge in [-0.15, -0.1) is 0 Å². The predicted octanol–water partition coefficient (Wildman–Crippen LogP) is 3.27. The van der Waals surface area contributed by atoms with Crippen molar-refractivity contribution in [2.45, 2.75) is 11.4 Å². The van der Waals surface area contributed by atoms with Crippen LogP contribution >= 0.6 is 11.6 Å². The van der Waals surface area contributed by atoms with Gasteiger partial charge in [-0.1, -0.05) is 23.7 Å². The second kappa shape index (κ2) is 7.15. The maximum Gasteiger partial charge on any atom is 0.264 e. The van der Waals surface area contributed by atoms with E-state index in [0.29, 0.717) is 16.1 Å². The maximum absolute atomic E-state index is 11.9. The lowest BCUT2D eigenvalue weighted by molar-refractivity contribution is 0.0951. The fourth-order valence-corrected chi connectivity index (χ4v) is 2.56. The molecule has 0 saturated heterocycles.